The van der Waals surface area contributed by atoms with E-state index in [-0.39, 0.29) is 5.91 Å². The van der Waals surface area contributed by atoms with Crippen LogP contribution in [-0.4, -0.2) is 39.8 Å². The number of amides is 1. The number of carbonyl (C=O) groups excluding carboxylic acids is 1. The van der Waals surface area contributed by atoms with Gasteiger partial charge in [-0.15, -0.1) is 0 Å². The van der Waals surface area contributed by atoms with Crippen molar-refractivity contribution in [3.8, 4) is 0 Å². The molecule has 1 atom stereocenters. The molecular weight excluding hydrogens is 266 g/mol. The summed E-state index contributed by atoms with van der Waals surface area (Å²) < 4.78 is 5.20. The van der Waals surface area contributed by atoms with Crippen molar-refractivity contribution in [3.63, 3.8) is 0 Å². The fraction of sp³-hybridized carbons (Fsp3) is 0.562. The lowest BCUT2D eigenvalue weighted by molar-refractivity contribution is -0.118. The van der Waals surface area contributed by atoms with Crippen molar-refractivity contribution in [2.24, 2.45) is 11.7 Å². The van der Waals surface area contributed by atoms with Crippen LogP contribution in [0.5, 0.6) is 0 Å². The minimum atomic E-state index is -0.531. The van der Waals surface area contributed by atoms with Crippen LogP contribution in [-0.2, 0) is 9.53 Å². The summed E-state index contributed by atoms with van der Waals surface area (Å²) in [5.74, 6) is 0.506. The summed E-state index contributed by atoms with van der Waals surface area (Å²) in [7, 11) is 3.49. The van der Waals surface area contributed by atoms with E-state index < -0.39 is 6.04 Å². The molecule has 2 rings (SSSR count). The molecule has 21 heavy (non-hydrogen) atoms. The minimum Gasteiger partial charge on any atom is -0.383 e. The molecule has 1 aliphatic heterocycles. The number of fused-ring (bicyclic) bond motifs is 1. The molecule has 5 nitrogen and oxygen atoms in total. The fourth-order valence-electron chi connectivity index (χ4n) is 2.71. The SMILES string of the molecule is COCCN(CC(C)C)c1ccc2c(c1)N(C)C(=O)C2N. The molecule has 0 saturated carbocycles. The smallest absolute Gasteiger partial charge is 0.248 e. The van der Waals surface area contributed by atoms with E-state index in [1.165, 1.54) is 0 Å². The number of rotatable bonds is 6. The van der Waals surface area contributed by atoms with E-state index in [1.54, 1.807) is 19.1 Å². The van der Waals surface area contributed by atoms with Crippen molar-refractivity contribution in [2.75, 3.05) is 43.7 Å². The second kappa shape index (κ2) is 6.45. The van der Waals surface area contributed by atoms with Crippen LogP contribution in [0.3, 0.4) is 0 Å². The van der Waals surface area contributed by atoms with Gasteiger partial charge in [0.2, 0.25) is 5.91 Å². The van der Waals surface area contributed by atoms with Gasteiger partial charge in [0.25, 0.3) is 0 Å². The minimum absolute atomic E-state index is 0.0468. The average Bonchev–Trinajstić information content (AvgIpc) is 2.67. The molecule has 5 heteroatoms. The lowest BCUT2D eigenvalue weighted by Gasteiger charge is -2.27. The van der Waals surface area contributed by atoms with Gasteiger partial charge in [-0.05, 0) is 18.1 Å². The van der Waals surface area contributed by atoms with Gasteiger partial charge in [0, 0.05) is 38.5 Å². The molecule has 1 aromatic carbocycles. The zero-order chi connectivity index (χ0) is 15.6. The van der Waals surface area contributed by atoms with Crippen LogP contribution in [0.15, 0.2) is 18.2 Å². The van der Waals surface area contributed by atoms with Crippen molar-refractivity contribution < 1.29 is 9.53 Å². The molecule has 0 radical (unpaired) electrons. The van der Waals surface area contributed by atoms with Crippen LogP contribution in [0, 0.1) is 5.92 Å². The number of benzene rings is 1. The first-order valence-corrected chi connectivity index (χ1v) is 7.36. The third-order valence-electron chi connectivity index (χ3n) is 3.82. The van der Waals surface area contributed by atoms with Crippen LogP contribution in [0.2, 0.25) is 0 Å². The van der Waals surface area contributed by atoms with Gasteiger partial charge < -0.3 is 20.3 Å². The van der Waals surface area contributed by atoms with Crippen LogP contribution in [0.25, 0.3) is 0 Å². The molecule has 2 N–H and O–H groups in total. The largest absolute Gasteiger partial charge is 0.383 e. The summed E-state index contributed by atoms with van der Waals surface area (Å²) in [5.41, 5.74) is 8.87. The van der Waals surface area contributed by atoms with Crippen molar-refractivity contribution in [3.05, 3.63) is 23.8 Å². The Bertz CT molecular complexity index is 516. The first-order valence-electron chi connectivity index (χ1n) is 7.36. The third-order valence-corrected chi connectivity index (χ3v) is 3.82. The Balaban J connectivity index is 2.29. The maximum atomic E-state index is 12.0. The van der Waals surface area contributed by atoms with Gasteiger partial charge in [-0.1, -0.05) is 19.9 Å². The summed E-state index contributed by atoms with van der Waals surface area (Å²) in [4.78, 5) is 15.9. The van der Waals surface area contributed by atoms with Crippen LogP contribution in [0.4, 0.5) is 11.4 Å². The standard InChI is InChI=1S/C16H25N3O2/c1-11(2)10-19(7-8-21-4)12-5-6-13-14(9-12)18(3)16(20)15(13)17/h5-6,9,11,15H,7-8,10,17H2,1-4H3. The summed E-state index contributed by atoms with van der Waals surface area (Å²) in [6, 6.07) is 5.54. The zero-order valence-electron chi connectivity index (χ0n) is 13.3. The highest BCUT2D eigenvalue weighted by Gasteiger charge is 2.32. The Hall–Kier alpha value is -1.59. The van der Waals surface area contributed by atoms with E-state index in [0.717, 1.165) is 30.0 Å². The number of nitrogens with two attached hydrogens (primary N) is 1. The quantitative estimate of drug-likeness (QED) is 0.868. The molecule has 0 spiro atoms. The van der Waals surface area contributed by atoms with E-state index >= 15 is 0 Å². The van der Waals surface area contributed by atoms with E-state index in [9.17, 15) is 4.79 Å². The second-order valence-electron chi connectivity index (χ2n) is 5.95. The van der Waals surface area contributed by atoms with Gasteiger partial charge in [0.15, 0.2) is 0 Å². The predicted molar refractivity (Wildman–Crippen MR) is 85.7 cm³/mol. The highest BCUT2D eigenvalue weighted by Crippen LogP contribution is 2.36. The van der Waals surface area contributed by atoms with Crippen molar-refractivity contribution >= 4 is 17.3 Å². The Morgan fingerprint density at radius 2 is 2.14 bits per heavy atom. The van der Waals surface area contributed by atoms with Gasteiger partial charge in [-0.2, -0.15) is 0 Å². The lowest BCUT2D eigenvalue weighted by Crippen LogP contribution is -2.31. The Morgan fingerprint density at radius 1 is 1.43 bits per heavy atom. The van der Waals surface area contributed by atoms with Gasteiger partial charge in [-0.3, -0.25) is 4.79 Å². The third kappa shape index (κ3) is 3.19. The second-order valence-corrected chi connectivity index (χ2v) is 5.95. The van der Waals surface area contributed by atoms with E-state index in [0.29, 0.717) is 12.5 Å². The van der Waals surface area contributed by atoms with E-state index in [1.807, 2.05) is 12.1 Å². The molecule has 0 aliphatic carbocycles. The van der Waals surface area contributed by atoms with Crippen LogP contribution < -0.4 is 15.5 Å². The summed E-state index contributed by atoms with van der Waals surface area (Å²) >= 11 is 0. The molecule has 116 valence electrons. The number of ether oxygens (including phenoxy) is 1. The number of likely N-dealkylation sites (N-methyl/N-ethyl adjacent to an activating group) is 1. The normalized spacial score (nSPS) is 17.5. The number of nitrogens with zero attached hydrogens (tertiary/aromatic N) is 2. The van der Waals surface area contributed by atoms with Crippen molar-refractivity contribution in [2.45, 2.75) is 19.9 Å². The predicted octanol–water partition coefficient (Wildman–Crippen LogP) is 1.77. The van der Waals surface area contributed by atoms with Gasteiger partial charge in [0.1, 0.15) is 6.04 Å². The number of hydrogen-bond acceptors (Lipinski definition) is 4. The lowest BCUT2D eigenvalue weighted by atomic mass is 10.1. The van der Waals surface area contributed by atoms with E-state index in [2.05, 4.69) is 24.8 Å². The molecule has 0 aromatic heterocycles. The monoisotopic (exact) mass is 291 g/mol. The zero-order valence-corrected chi connectivity index (χ0v) is 13.3. The molecule has 1 aliphatic rings. The van der Waals surface area contributed by atoms with Gasteiger partial charge in [-0.25, -0.2) is 0 Å². The van der Waals surface area contributed by atoms with Crippen molar-refractivity contribution in [1.82, 2.24) is 0 Å². The van der Waals surface area contributed by atoms with Crippen molar-refractivity contribution in [1.29, 1.82) is 0 Å². The fourth-order valence-corrected chi connectivity index (χ4v) is 2.71. The topological polar surface area (TPSA) is 58.8 Å². The average molecular weight is 291 g/mol. The van der Waals surface area contributed by atoms with Crippen LogP contribution >= 0.6 is 0 Å². The Labute approximate surface area is 126 Å². The molecular formula is C16H25N3O2. The number of methoxy groups -OCH3 is 1. The van der Waals surface area contributed by atoms with Gasteiger partial charge in [0.05, 0.1) is 12.3 Å². The van der Waals surface area contributed by atoms with Gasteiger partial charge >= 0.3 is 0 Å². The first kappa shape index (κ1) is 15.8. The molecule has 0 bridgehead atoms. The Kier molecular flexibility index (Phi) is 4.85. The summed E-state index contributed by atoms with van der Waals surface area (Å²) in [6.07, 6.45) is 0. The molecule has 1 unspecified atom stereocenters. The van der Waals surface area contributed by atoms with E-state index in [4.69, 9.17) is 10.5 Å². The van der Waals surface area contributed by atoms with Crippen LogP contribution in [0.1, 0.15) is 25.5 Å². The molecule has 1 heterocycles. The number of carbonyl (C=O) groups is 1. The maximum Gasteiger partial charge on any atom is 0.248 e. The highest BCUT2D eigenvalue weighted by atomic mass is 16.5. The number of anilines is 2. The maximum absolute atomic E-state index is 12.0. The summed E-state index contributed by atoms with van der Waals surface area (Å²) in [5, 5.41) is 0. The number of hydrogen-bond donors (Lipinski definition) is 1. The molecule has 1 aromatic rings. The first-order chi connectivity index (χ1) is 9.95. The molecule has 0 saturated heterocycles. The molecule has 0 fully saturated rings. The summed E-state index contributed by atoms with van der Waals surface area (Å²) in [6.45, 7) is 6.85. The highest BCUT2D eigenvalue weighted by molar-refractivity contribution is 6.04. The Morgan fingerprint density at radius 3 is 2.76 bits per heavy atom. The molecule has 1 amide bonds.